The van der Waals surface area contributed by atoms with Crippen LogP contribution in [0.15, 0.2) is 48.5 Å². The number of carbonyl (C=O) groups excluding carboxylic acids is 1. The Hall–Kier alpha value is -3.23. The fraction of sp³-hybridized carbons (Fsp3) is 0.188. The predicted molar refractivity (Wildman–Crippen MR) is 86.9 cm³/mol. The van der Waals surface area contributed by atoms with E-state index in [0.29, 0.717) is 18.7 Å². The Labute approximate surface area is 141 Å². The Morgan fingerprint density at radius 2 is 1.92 bits per heavy atom. The molecule has 0 aromatic heterocycles. The standard InChI is InChI=1S/C16H15F2N3O4/c17-15(18)25-14-6-4-11(5-7-14)8-9-19-16(22)20-12-2-1-3-13(10-12)21(23)24/h1-7,10,15H,8-9H2,(H2,19,20,22). The molecule has 7 nitrogen and oxygen atoms in total. The van der Waals surface area contributed by atoms with Gasteiger partial charge >= 0.3 is 12.6 Å². The van der Waals surface area contributed by atoms with Gasteiger partial charge in [-0.3, -0.25) is 10.1 Å². The Morgan fingerprint density at radius 1 is 1.20 bits per heavy atom. The van der Waals surface area contributed by atoms with E-state index in [9.17, 15) is 23.7 Å². The monoisotopic (exact) mass is 351 g/mol. The third-order valence-electron chi connectivity index (χ3n) is 3.16. The molecule has 0 aliphatic carbocycles. The first kappa shape index (κ1) is 18.1. The molecule has 0 atom stereocenters. The maximum atomic E-state index is 12.0. The number of hydrogen-bond acceptors (Lipinski definition) is 4. The zero-order valence-corrected chi connectivity index (χ0v) is 12.9. The Morgan fingerprint density at radius 3 is 2.56 bits per heavy atom. The number of alkyl halides is 2. The summed E-state index contributed by atoms with van der Waals surface area (Å²) in [4.78, 5) is 21.9. The van der Waals surface area contributed by atoms with Crippen LogP contribution < -0.4 is 15.4 Å². The van der Waals surface area contributed by atoms with Crippen LogP contribution in [0.2, 0.25) is 0 Å². The summed E-state index contributed by atoms with van der Waals surface area (Å²) in [5.41, 5.74) is 1.02. The summed E-state index contributed by atoms with van der Waals surface area (Å²) in [6, 6.07) is 11.2. The summed E-state index contributed by atoms with van der Waals surface area (Å²) in [5.74, 6) is 0.0649. The van der Waals surface area contributed by atoms with Crippen molar-refractivity contribution >= 4 is 17.4 Å². The van der Waals surface area contributed by atoms with E-state index >= 15 is 0 Å². The first-order valence-corrected chi connectivity index (χ1v) is 7.27. The minimum absolute atomic E-state index is 0.0649. The van der Waals surface area contributed by atoms with Crippen molar-refractivity contribution in [2.45, 2.75) is 13.0 Å². The van der Waals surface area contributed by atoms with Crippen LogP contribution in [0.25, 0.3) is 0 Å². The SMILES string of the molecule is O=C(NCCc1ccc(OC(F)F)cc1)Nc1cccc([N+](=O)[O-])c1. The van der Waals surface area contributed by atoms with Crippen LogP contribution in [0.4, 0.5) is 25.0 Å². The third-order valence-corrected chi connectivity index (χ3v) is 3.16. The lowest BCUT2D eigenvalue weighted by Crippen LogP contribution is -2.30. The fourth-order valence-electron chi connectivity index (χ4n) is 2.03. The molecule has 0 saturated carbocycles. The van der Waals surface area contributed by atoms with Crippen LogP contribution >= 0.6 is 0 Å². The predicted octanol–water partition coefficient (Wildman–Crippen LogP) is 3.56. The topological polar surface area (TPSA) is 93.5 Å². The molecular weight excluding hydrogens is 336 g/mol. The normalized spacial score (nSPS) is 10.4. The maximum absolute atomic E-state index is 12.0. The number of hydrogen-bond donors (Lipinski definition) is 2. The summed E-state index contributed by atoms with van der Waals surface area (Å²) < 4.78 is 28.3. The second-order valence-electron chi connectivity index (χ2n) is 4.96. The molecule has 2 aromatic rings. The minimum Gasteiger partial charge on any atom is -0.435 e. The fourth-order valence-corrected chi connectivity index (χ4v) is 2.03. The summed E-state index contributed by atoms with van der Waals surface area (Å²) in [7, 11) is 0. The molecule has 2 aromatic carbocycles. The highest BCUT2D eigenvalue weighted by molar-refractivity contribution is 5.89. The van der Waals surface area contributed by atoms with Crippen molar-refractivity contribution in [3.63, 3.8) is 0 Å². The molecule has 0 radical (unpaired) electrons. The van der Waals surface area contributed by atoms with Crippen LogP contribution in [0, 0.1) is 10.1 Å². The molecular formula is C16H15F2N3O4. The Balaban J connectivity index is 1.78. The van der Waals surface area contributed by atoms with Crippen LogP contribution in [-0.2, 0) is 6.42 Å². The maximum Gasteiger partial charge on any atom is 0.387 e. The smallest absolute Gasteiger partial charge is 0.387 e. The zero-order valence-electron chi connectivity index (χ0n) is 12.9. The van der Waals surface area contributed by atoms with Gasteiger partial charge < -0.3 is 15.4 Å². The van der Waals surface area contributed by atoms with E-state index < -0.39 is 17.6 Å². The highest BCUT2D eigenvalue weighted by Crippen LogP contribution is 2.17. The third kappa shape index (κ3) is 6.05. The van der Waals surface area contributed by atoms with Gasteiger partial charge in [0, 0.05) is 24.4 Å². The van der Waals surface area contributed by atoms with Gasteiger partial charge in [-0.1, -0.05) is 18.2 Å². The number of carbonyl (C=O) groups is 1. The molecule has 0 bridgehead atoms. The molecule has 0 aliphatic heterocycles. The minimum atomic E-state index is -2.87. The van der Waals surface area contributed by atoms with Crippen LogP contribution in [0.5, 0.6) is 5.75 Å². The molecule has 0 saturated heterocycles. The van der Waals surface area contributed by atoms with Gasteiger partial charge in [0.1, 0.15) is 5.75 Å². The van der Waals surface area contributed by atoms with Crippen molar-refractivity contribution in [2.75, 3.05) is 11.9 Å². The second kappa shape index (κ2) is 8.57. The molecule has 0 heterocycles. The summed E-state index contributed by atoms with van der Waals surface area (Å²) >= 11 is 0. The van der Waals surface area contributed by atoms with Crippen molar-refractivity contribution in [1.29, 1.82) is 0 Å². The molecule has 0 unspecified atom stereocenters. The molecule has 9 heteroatoms. The van der Waals surface area contributed by atoms with E-state index in [1.165, 1.54) is 36.4 Å². The van der Waals surface area contributed by atoms with Gasteiger partial charge in [-0.05, 0) is 30.2 Å². The number of nitro benzene ring substituents is 1. The lowest BCUT2D eigenvalue weighted by molar-refractivity contribution is -0.384. The van der Waals surface area contributed by atoms with Gasteiger partial charge in [0.15, 0.2) is 0 Å². The van der Waals surface area contributed by atoms with Gasteiger partial charge in [0.05, 0.1) is 4.92 Å². The van der Waals surface area contributed by atoms with Crippen molar-refractivity contribution in [3.05, 3.63) is 64.2 Å². The lowest BCUT2D eigenvalue weighted by atomic mass is 10.1. The van der Waals surface area contributed by atoms with E-state index in [4.69, 9.17) is 0 Å². The molecule has 2 amide bonds. The highest BCUT2D eigenvalue weighted by atomic mass is 19.3. The van der Waals surface area contributed by atoms with Crippen LogP contribution in [0.1, 0.15) is 5.56 Å². The van der Waals surface area contributed by atoms with E-state index in [1.807, 2.05) is 0 Å². The quantitative estimate of drug-likeness (QED) is 0.589. The van der Waals surface area contributed by atoms with E-state index in [1.54, 1.807) is 12.1 Å². The van der Waals surface area contributed by atoms with Gasteiger partial charge in [0.2, 0.25) is 0 Å². The van der Waals surface area contributed by atoms with E-state index in [-0.39, 0.29) is 11.4 Å². The van der Waals surface area contributed by atoms with Crippen molar-refractivity contribution in [1.82, 2.24) is 5.32 Å². The molecule has 132 valence electrons. The molecule has 25 heavy (non-hydrogen) atoms. The Kier molecular flexibility index (Phi) is 6.21. The molecule has 0 spiro atoms. The zero-order chi connectivity index (χ0) is 18.2. The average Bonchev–Trinajstić information content (AvgIpc) is 2.56. The number of urea groups is 1. The Bertz CT molecular complexity index is 738. The summed E-state index contributed by atoms with van der Waals surface area (Å²) in [5, 5.41) is 15.8. The molecule has 2 N–H and O–H groups in total. The second-order valence-corrected chi connectivity index (χ2v) is 4.96. The van der Waals surface area contributed by atoms with Crippen LogP contribution in [0.3, 0.4) is 0 Å². The number of rotatable bonds is 7. The van der Waals surface area contributed by atoms with E-state index in [0.717, 1.165) is 5.56 Å². The van der Waals surface area contributed by atoms with Gasteiger partial charge in [0.25, 0.3) is 5.69 Å². The van der Waals surface area contributed by atoms with Crippen molar-refractivity contribution < 1.29 is 23.2 Å². The molecule has 2 rings (SSSR count). The first-order chi connectivity index (χ1) is 11.9. The number of amides is 2. The van der Waals surface area contributed by atoms with Gasteiger partial charge in [-0.15, -0.1) is 0 Å². The van der Waals surface area contributed by atoms with Crippen molar-refractivity contribution in [2.24, 2.45) is 0 Å². The average molecular weight is 351 g/mol. The largest absolute Gasteiger partial charge is 0.435 e. The molecule has 0 aliphatic rings. The van der Waals surface area contributed by atoms with Gasteiger partial charge in [-0.2, -0.15) is 8.78 Å². The highest BCUT2D eigenvalue weighted by Gasteiger charge is 2.08. The number of nitrogens with zero attached hydrogens (tertiary/aromatic N) is 1. The number of ether oxygens (including phenoxy) is 1. The molecule has 0 fully saturated rings. The summed E-state index contributed by atoms with van der Waals surface area (Å²) in [6.45, 7) is -2.57. The number of halogens is 2. The van der Waals surface area contributed by atoms with Crippen molar-refractivity contribution in [3.8, 4) is 5.75 Å². The number of nitrogens with one attached hydrogen (secondary N) is 2. The number of nitro groups is 1. The van der Waals surface area contributed by atoms with Crippen LogP contribution in [-0.4, -0.2) is 24.1 Å². The number of non-ortho nitro benzene ring substituents is 1. The van der Waals surface area contributed by atoms with Gasteiger partial charge in [-0.25, -0.2) is 4.79 Å². The number of anilines is 1. The van der Waals surface area contributed by atoms with E-state index in [2.05, 4.69) is 15.4 Å². The summed E-state index contributed by atoms with van der Waals surface area (Å²) in [6.07, 6.45) is 0.483. The number of benzene rings is 2. The lowest BCUT2D eigenvalue weighted by Gasteiger charge is -2.08. The first-order valence-electron chi connectivity index (χ1n) is 7.27.